The van der Waals surface area contributed by atoms with E-state index >= 15 is 0 Å². The summed E-state index contributed by atoms with van der Waals surface area (Å²) in [6.45, 7) is 0. The molecule has 39 heavy (non-hydrogen) atoms. The van der Waals surface area contributed by atoms with E-state index in [0.29, 0.717) is 5.82 Å². The van der Waals surface area contributed by atoms with Gasteiger partial charge in [0.05, 0.1) is 22.4 Å². The molecule has 0 radical (unpaired) electrons. The molecule has 0 saturated heterocycles. The number of rotatable bonds is 5. The molecule has 7 aromatic rings. The van der Waals surface area contributed by atoms with Crippen molar-refractivity contribution in [3.8, 4) is 51.0 Å². The Hall–Kier alpha value is -5.35. The molecular formula is C35H24N4. The Kier molecular flexibility index (Phi) is 5.76. The molecule has 7 rings (SSSR count). The molecule has 2 aromatic heterocycles. The van der Waals surface area contributed by atoms with Crippen molar-refractivity contribution in [2.24, 2.45) is 0 Å². The van der Waals surface area contributed by atoms with Crippen LogP contribution in [0.15, 0.2) is 146 Å². The van der Waals surface area contributed by atoms with Gasteiger partial charge < -0.3 is 0 Å². The van der Waals surface area contributed by atoms with Crippen molar-refractivity contribution >= 4 is 11.0 Å². The molecule has 0 fully saturated rings. The van der Waals surface area contributed by atoms with E-state index in [4.69, 9.17) is 15.0 Å². The van der Waals surface area contributed by atoms with Crippen molar-refractivity contribution in [3.05, 3.63) is 146 Å². The van der Waals surface area contributed by atoms with Crippen LogP contribution in [0.25, 0.3) is 62.0 Å². The van der Waals surface area contributed by atoms with Gasteiger partial charge >= 0.3 is 0 Å². The predicted octanol–water partition coefficient (Wildman–Crippen LogP) is 8.48. The fourth-order valence-corrected chi connectivity index (χ4v) is 4.95. The number of nitrogens with zero attached hydrogens (tertiary/aromatic N) is 4. The van der Waals surface area contributed by atoms with Crippen LogP contribution in [0, 0.1) is 0 Å². The number of fused-ring (bicyclic) bond motifs is 1. The van der Waals surface area contributed by atoms with E-state index in [0.717, 1.165) is 56.2 Å². The number of benzene rings is 5. The predicted molar refractivity (Wildman–Crippen MR) is 158 cm³/mol. The molecule has 0 spiro atoms. The van der Waals surface area contributed by atoms with Crippen molar-refractivity contribution in [2.45, 2.75) is 0 Å². The summed E-state index contributed by atoms with van der Waals surface area (Å²) in [5.41, 5.74) is 8.92. The third-order valence-electron chi connectivity index (χ3n) is 6.82. The average molecular weight is 501 g/mol. The van der Waals surface area contributed by atoms with E-state index in [1.54, 1.807) is 0 Å². The highest BCUT2D eigenvalue weighted by Crippen LogP contribution is 2.32. The van der Waals surface area contributed by atoms with Crippen LogP contribution in [-0.2, 0) is 0 Å². The van der Waals surface area contributed by atoms with E-state index < -0.39 is 0 Å². The number of imidazole rings is 1. The third-order valence-corrected chi connectivity index (χ3v) is 6.82. The van der Waals surface area contributed by atoms with Gasteiger partial charge in [-0.3, -0.25) is 4.57 Å². The van der Waals surface area contributed by atoms with Gasteiger partial charge in [0.1, 0.15) is 5.82 Å². The topological polar surface area (TPSA) is 43.6 Å². The van der Waals surface area contributed by atoms with Crippen LogP contribution in [0.5, 0.6) is 0 Å². The summed E-state index contributed by atoms with van der Waals surface area (Å²) in [5.74, 6) is 1.56. The van der Waals surface area contributed by atoms with E-state index in [9.17, 15) is 0 Å². The second-order valence-corrected chi connectivity index (χ2v) is 9.37. The molecule has 0 atom stereocenters. The molecule has 4 heteroatoms. The van der Waals surface area contributed by atoms with Crippen LogP contribution in [0.1, 0.15) is 0 Å². The lowest BCUT2D eigenvalue weighted by Crippen LogP contribution is -1.98. The average Bonchev–Trinajstić information content (AvgIpc) is 3.42. The van der Waals surface area contributed by atoms with Crippen LogP contribution in [0.3, 0.4) is 0 Å². The monoisotopic (exact) mass is 500 g/mol. The normalized spacial score (nSPS) is 11.1. The van der Waals surface area contributed by atoms with Crippen molar-refractivity contribution in [2.75, 3.05) is 0 Å². The number of para-hydroxylation sites is 3. The van der Waals surface area contributed by atoms with Crippen molar-refractivity contribution in [1.29, 1.82) is 0 Å². The van der Waals surface area contributed by atoms with Gasteiger partial charge in [0.25, 0.3) is 0 Å². The molecule has 184 valence electrons. The Balaban J connectivity index is 1.41. The fourth-order valence-electron chi connectivity index (χ4n) is 4.95. The molecule has 0 amide bonds. The zero-order chi connectivity index (χ0) is 26.0. The molecule has 0 saturated carbocycles. The Morgan fingerprint density at radius 3 is 1.62 bits per heavy atom. The van der Waals surface area contributed by atoms with Gasteiger partial charge in [-0.05, 0) is 36.4 Å². The van der Waals surface area contributed by atoms with Crippen LogP contribution in [0.4, 0.5) is 0 Å². The van der Waals surface area contributed by atoms with E-state index in [2.05, 4.69) is 102 Å². The Bertz CT molecular complexity index is 1830. The summed E-state index contributed by atoms with van der Waals surface area (Å²) in [7, 11) is 0. The maximum Gasteiger partial charge on any atom is 0.160 e. The van der Waals surface area contributed by atoms with Gasteiger partial charge in [0.15, 0.2) is 5.82 Å². The third kappa shape index (κ3) is 4.38. The Morgan fingerprint density at radius 2 is 0.949 bits per heavy atom. The van der Waals surface area contributed by atoms with E-state index in [1.807, 2.05) is 48.5 Å². The van der Waals surface area contributed by atoms with E-state index in [-0.39, 0.29) is 0 Å². The minimum atomic E-state index is 0.680. The highest BCUT2D eigenvalue weighted by molar-refractivity contribution is 5.84. The maximum atomic E-state index is 5.05. The van der Waals surface area contributed by atoms with E-state index in [1.165, 1.54) is 0 Å². The summed E-state index contributed by atoms with van der Waals surface area (Å²) >= 11 is 0. The zero-order valence-electron chi connectivity index (χ0n) is 21.1. The first-order chi connectivity index (χ1) is 19.3. The lowest BCUT2D eigenvalue weighted by atomic mass is 10.1. The molecular weight excluding hydrogens is 476 g/mol. The fraction of sp³-hybridized carbons (Fsp3) is 0. The number of hydrogen-bond donors (Lipinski definition) is 0. The first kappa shape index (κ1) is 22.8. The minimum absolute atomic E-state index is 0.680. The van der Waals surface area contributed by atoms with Crippen molar-refractivity contribution < 1.29 is 0 Å². The summed E-state index contributed by atoms with van der Waals surface area (Å²) in [6.07, 6.45) is 0. The molecule has 2 heterocycles. The maximum absolute atomic E-state index is 5.05. The summed E-state index contributed by atoms with van der Waals surface area (Å²) < 4.78 is 2.21. The smallest absolute Gasteiger partial charge is 0.160 e. The standard InChI is InChI=1S/C35H24N4/c1-4-13-25(14-5-1)31-24-32(26-15-6-2-7-16-26)37-34(36-31)27-17-12-18-28(23-27)35-38-30-21-10-11-22-33(30)39(35)29-19-8-3-9-20-29/h1-24H. The largest absolute Gasteiger partial charge is 0.292 e. The molecule has 0 N–H and O–H groups in total. The van der Waals surface area contributed by atoms with Crippen molar-refractivity contribution in [3.63, 3.8) is 0 Å². The Labute approximate surface area is 226 Å². The lowest BCUT2D eigenvalue weighted by Gasteiger charge is -2.12. The first-order valence-electron chi connectivity index (χ1n) is 13.0. The van der Waals surface area contributed by atoms with Crippen molar-refractivity contribution in [1.82, 2.24) is 19.5 Å². The first-order valence-corrected chi connectivity index (χ1v) is 13.0. The summed E-state index contributed by atoms with van der Waals surface area (Å²) in [6, 6.07) is 49.5. The van der Waals surface area contributed by atoms with Crippen LogP contribution in [0.2, 0.25) is 0 Å². The van der Waals surface area contributed by atoms with Gasteiger partial charge in [0, 0.05) is 27.9 Å². The Morgan fingerprint density at radius 1 is 0.410 bits per heavy atom. The molecule has 0 unspecified atom stereocenters. The summed E-state index contributed by atoms with van der Waals surface area (Å²) in [5, 5.41) is 0. The number of aromatic nitrogens is 4. The second kappa shape index (κ2) is 9.84. The zero-order valence-corrected chi connectivity index (χ0v) is 21.1. The second-order valence-electron chi connectivity index (χ2n) is 9.37. The SMILES string of the molecule is c1ccc(-c2cc(-c3ccccc3)nc(-c3cccc(-c4nc5ccccc5n4-c4ccccc4)c3)n2)cc1. The highest BCUT2D eigenvalue weighted by Gasteiger charge is 2.16. The molecule has 4 nitrogen and oxygen atoms in total. The van der Waals surface area contributed by atoms with Crippen LogP contribution < -0.4 is 0 Å². The van der Waals surface area contributed by atoms with Crippen LogP contribution in [-0.4, -0.2) is 19.5 Å². The highest BCUT2D eigenvalue weighted by atomic mass is 15.1. The lowest BCUT2D eigenvalue weighted by molar-refractivity contribution is 1.10. The molecule has 0 bridgehead atoms. The van der Waals surface area contributed by atoms with Gasteiger partial charge in [-0.25, -0.2) is 15.0 Å². The van der Waals surface area contributed by atoms with Gasteiger partial charge in [-0.15, -0.1) is 0 Å². The molecule has 5 aromatic carbocycles. The molecule has 0 aliphatic rings. The molecule has 0 aliphatic carbocycles. The quantitative estimate of drug-likeness (QED) is 0.238. The number of hydrogen-bond acceptors (Lipinski definition) is 3. The van der Waals surface area contributed by atoms with Crippen LogP contribution >= 0.6 is 0 Å². The summed E-state index contributed by atoms with van der Waals surface area (Å²) in [4.78, 5) is 15.1. The molecule has 0 aliphatic heterocycles. The van der Waals surface area contributed by atoms with Gasteiger partial charge in [0.2, 0.25) is 0 Å². The minimum Gasteiger partial charge on any atom is -0.292 e. The van der Waals surface area contributed by atoms with Gasteiger partial charge in [-0.1, -0.05) is 109 Å². The van der Waals surface area contributed by atoms with Gasteiger partial charge in [-0.2, -0.15) is 0 Å².